The SMILES string of the molecule is CCOc1ccc(N2C(=O)/C(=C\c3ccc(OC)c(COc4ccc5ccccc5c4)c3)NC2=S)cc1. The number of anilines is 1. The first-order valence-electron chi connectivity index (χ1n) is 11.9. The van der Waals surface area contributed by atoms with Gasteiger partial charge in [0.05, 0.1) is 19.4 Å². The Morgan fingerprint density at radius 2 is 1.65 bits per heavy atom. The van der Waals surface area contributed by atoms with E-state index in [1.807, 2.05) is 79.7 Å². The number of ether oxygens (including phenoxy) is 3. The van der Waals surface area contributed by atoms with Crippen molar-refractivity contribution >= 4 is 45.8 Å². The number of carbonyl (C=O) groups excluding carboxylic acids is 1. The molecule has 1 fully saturated rings. The number of amides is 1. The van der Waals surface area contributed by atoms with E-state index in [0.717, 1.165) is 33.4 Å². The first kappa shape index (κ1) is 24.3. The van der Waals surface area contributed by atoms with Crippen molar-refractivity contribution in [1.29, 1.82) is 0 Å². The third-order valence-corrected chi connectivity index (χ3v) is 6.30. The Labute approximate surface area is 221 Å². The van der Waals surface area contributed by atoms with Gasteiger partial charge in [0.25, 0.3) is 5.91 Å². The number of thiocarbonyl (C=S) groups is 1. The summed E-state index contributed by atoms with van der Waals surface area (Å²) in [6.07, 6.45) is 1.78. The van der Waals surface area contributed by atoms with Crippen LogP contribution in [0.4, 0.5) is 5.69 Å². The molecule has 1 N–H and O–H groups in total. The molecule has 0 bridgehead atoms. The van der Waals surface area contributed by atoms with Gasteiger partial charge in [0, 0.05) is 5.56 Å². The lowest BCUT2D eigenvalue weighted by atomic mass is 10.1. The van der Waals surface area contributed by atoms with Crippen molar-refractivity contribution in [3.63, 3.8) is 0 Å². The lowest BCUT2D eigenvalue weighted by Gasteiger charge is -2.14. The fourth-order valence-electron chi connectivity index (χ4n) is 4.21. The van der Waals surface area contributed by atoms with Crippen molar-refractivity contribution in [2.24, 2.45) is 0 Å². The van der Waals surface area contributed by atoms with Gasteiger partial charge in [-0.1, -0.05) is 36.4 Å². The van der Waals surface area contributed by atoms with Crippen LogP contribution in [0, 0.1) is 0 Å². The zero-order chi connectivity index (χ0) is 25.8. The number of nitrogens with zero attached hydrogens (tertiary/aromatic N) is 1. The molecule has 1 aliphatic heterocycles. The van der Waals surface area contributed by atoms with Crippen LogP contribution in [0.25, 0.3) is 16.8 Å². The molecular weight excluding hydrogens is 484 g/mol. The molecule has 0 radical (unpaired) electrons. The molecule has 1 saturated heterocycles. The Hall–Kier alpha value is -4.36. The second-order valence-corrected chi connectivity index (χ2v) is 8.81. The molecule has 0 saturated carbocycles. The molecule has 4 aromatic rings. The molecule has 0 atom stereocenters. The van der Waals surface area contributed by atoms with Crippen molar-refractivity contribution in [2.45, 2.75) is 13.5 Å². The lowest BCUT2D eigenvalue weighted by molar-refractivity contribution is -0.113. The smallest absolute Gasteiger partial charge is 0.281 e. The Kier molecular flexibility index (Phi) is 7.05. The highest BCUT2D eigenvalue weighted by Crippen LogP contribution is 2.28. The van der Waals surface area contributed by atoms with Gasteiger partial charge in [-0.15, -0.1) is 0 Å². The summed E-state index contributed by atoms with van der Waals surface area (Å²) in [6, 6.07) is 27.1. The summed E-state index contributed by atoms with van der Waals surface area (Å²) in [7, 11) is 1.63. The number of hydrogen-bond acceptors (Lipinski definition) is 5. The van der Waals surface area contributed by atoms with Gasteiger partial charge >= 0.3 is 0 Å². The highest BCUT2D eigenvalue weighted by molar-refractivity contribution is 7.80. The minimum Gasteiger partial charge on any atom is -0.496 e. The molecular formula is C30H26N2O4S. The fourth-order valence-corrected chi connectivity index (χ4v) is 4.51. The second kappa shape index (κ2) is 10.7. The predicted octanol–water partition coefficient (Wildman–Crippen LogP) is 6.09. The minimum absolute atomic E-state index is 0.223. The van der Waals surface area contributed by atoms with Crippen LogP contribution in [-0.4, -0.2) is 24.7 Å². The highest BCUT2D eigenvalue weighted by atomic mass is 32.1. The molecule has 37 heavy (non-hydrogen) atoms. The highest BCUT2D eigenvalue weighted by Gasteiger charge is 2.32. The largest absolute Gasteiger partial charge is 0.496 e. The van der Waals surface area contributed by atoms with Gasteiger partial charge in [0.15, 0.2) is 5.11 Å². The molecule has 0 unspecified atom stereocenters. The van der Waals surface area contributed by atoms with Crippen LogP contribution >= 0.6 is 12.2 Å². The van der Waals surface area contributed by atoms with Crippen LogP contribution in [0.5, 0.6) is 17.2 Å². The Morgan fingerprint density at radius 3 is 2.41 bits per heavy atom. The number of hydrogen-bond donors (Lipinski definition) is 1. The lowest BCUT2D eigenvalue weighted by Crippen LogP contribution is -2.30. The molecule has 1 aliphatic rings. The van der Waals surface area contributed by atoms with Gasteiger partial charge in [-0.3, -0.25) is 9.69 Å². The van der Waals surface area contributed by atoms with Crippen LogP contribution in [0.2, 0.25) is 0 Å². The van der Waals surface area contributed by atoms with Crippen LogP contribution in [0.3, 0.4) is 0 Å². The van der Waals surface area contributed by atoms with Gasteiger partial charge in [0.1, 0.15) is 29.6 Å². The molecule has 6 nitrogen and oxygen atoms in total. The first-order chi connectivity index (χ1) is 18.1. The van der Waals surface area contributed by atoms with Gasteiger partial charge in [-0.25, -0.2) is 0 Å². The van der Waals surface area contributed by atoms with Gasteiger partial charge in [-0.2, -0.15) is 0 Å². The van der Waals surface area contributed by atoms with Crippen molar-refractivity contribution < 1.29 is 19.0 Å². The summed E-state index contributed by atoms with van der Waals surface area (Å²) in [5, 5.41) is 5.64. The first-order valence-corrected chi connectivity index (χ1v) is 12.3. The average Bonchev–Trinajstić information content (AvgIpc) is 3.20. The second-order valence-electron chi connectivity index (χ2n) is 8.42. The number of fused-ring (bicyclic) bond motifs is 1. The zero-order valence-corrected chi connectivity index (χ0v) is 21.4. The molecule has 186 valence electrons. The zero-order valence-electron chi connectivity index (χ0n) is 20.6. The maximum absolute atomic E-state index is 13.2. The van der Waals surface area contributed by atoms with Crippen molar-refractivity contribution in [2.75, 3.05) is 18.6 Å². The van der Waals surface area contributed by atoms with Crippen LogP contribution in [0.15, 0.2) is 90.6 Å². The van der Waals surface area contributed by atoms with E-state index in [4.69, 9.17) is 26.4 Å². The van der Waals surface area contributed by atoms with E-state index >= 15 is 0 Å². The van der Waals surface area contributed by atoms with Gasteiger partial charge in [0.2, 0.25) is 0 Å². The standard InChI is InChI=1S/C30H26N2O4S/c1-3-35-25-13-10-24(11-14-25)32-29(33)27(31-30(32)37)17-20-8-15-28(34-2)23(16-20)19-36-26-12-9-21-6-4-5-7-22(21)18-26/h4-18H,3,19H2,1-2H3,(H,31,37)/b27-17+. The maximum Gasteiger partial charge on any atom is 0.281 e. The van der Waals surface area contributed by atoms with Crippen molar-refractivity contribution in [1.82, 2.24) is 5.32 Å². The monoisotopic (exact) mass is 510 g/mol. The van der Waals surface area contributed by atoms with E-state index in [0.29, 0.717) is 35.5 Å². The Bertz CT molecular complexity index is 1500. The average molecular weight is 511 g/mol. The van der Waals surface area contributed by atoms with E-state index in [9.17, 15) is 4.79 Å². The fraction of sp³-hybridized carbons (Fsp3) is 0.133. The van der Waals surface area contributed by atoms with Crippen molar-refractivity contribution in [3.8, 4) is 17.2 Å². The topological polar surface area (TPSA) is 60.0 Å². The minimum atomic E-state index is -0.223. The third-order valence-electron chi connectivity index (χ3n) is 6.01. The van der Waals surface area contributed by atoms with E-state index in [2.05, 4.69) is 17.4 Å². The number of methoxy groups -OCH3 is 1. The molecule has 0 aliphatic carbocycles. The summed E-state index contributed by atoms with van der Waals surface area (Å²) in [4.78, 5) is 14.7. The van der Waals surface area contributed by atoms with Gasteiger partial charge < -0.3 is 19.5 Å². The molecule has 0 aromatic heterocycles. The molecule has 1 amide bonds. The molecule has 0 spiro atoms. The molecule has 1 heterocycles. The van der Waals surface area contributed by atoms with Crippen LogP contribution < -0.4 is 24.4 Å². The Morgan fingerprint density at radius 1 is 0.892 bits per heavy atom. The Balaban J connectivity index is 1.35. The van der Waals surface area contributed by atoms with Crippen LogP contribution in [0.1, 0.15) is 18.1 Å². The number of carbonyl (C=O) groups is 1. The van der Waals surface area contributed by atoms with E-state index in [1.54, 1.807) is 13.2 Å². The van der Waals surface area contributed by atoms with Crippen molar-refractivity contribution in [3.05, 3.63) is 102 Å². The summed E-state index contributed by atoms with van der Waals surface area (Å²) in [5.74, 6) is 2.00. The van der Waals surface area contributed by atoms with E-state index < -0.39 is 0 Å². The van der Waals surface area contributed by atoms with Crippen LogP contribution in [-0.2, 0) is 11.4 Å². The quantitative estimate of drug-likeness (QED) is 0.229. The molecule has 5 rings (SSSR count). The molecule has 7 heteroatoms. The summed E-state index contributed by atoms with van der Waals surface area (Å²) in [5.41, 5.74) is 2.76. The number of rotatable bonds is 8. The summed E-state index contributed by atoms with van der Waals surface area (Å²) >= 11 is 5.45. The third kappa shape index (κ3) is 5.27. The maximum atomic E-state index is 13.2. The normalized spacial score (nSPS) is 14.2. The van der Waals surface area contributed by atoms with E-state index in [1.165, 1.54) is 4.90 Å². The number of benzene rings is 4. The molecule has 4 aromatic carbocycles. The van der Waals surface area contributed by atoms with E-state index in [-0.39, 0.29) is 5.91 Å². The summed E-state index contributed by atoms with van der Waals surface area (Å²) in [6.45, 7) is 2.82. The summed E-state index contributed by atoms with van der Waals surface area (Å²) < 4.78 is 17.1. The predicted molar refractivity (Wildman–Crippen MR) is 150 cm³/mol. The number of nitrogens with one attached hydrogen (secondary N) is 1. The van der Waals surface area contributed by atoms with Gasteiger partial charge in [-0.05, 0) is 90.1 Å².